The van der Waals surface area contributed by atoms with Crippen molar-refractivity contribution in [2.24, 2.45) is 0 Å². The fourth-order valence-electron chi connectivity index (χ4n) is 3.97. The van der Waals surface area contributed by atoms with Gasteiger partial charge >= 0.3 is 0 Å². The van der Waals surface area contributed by atoms with E-state index < -0.39 is 0 Å². The number of likely N-dealkylation sites (N-methyl/N-ethyl adjacent to an activating group) is 1. The van der Waals surface area contributed by atoms with E-state index in [4.69, 9.17) is 0 Å². The molecule has 0 aliphatic carbocycles. The summed E-state index contributed by atoms with van der Waals surface area (Å²) in [5, 5.41) is 0. The Hall–Kier alpha value is -2.06. The lowest BCUT2D eigenvalue weighted by molar-refractivity contribution is 0.169. The van der Waals surface area contributed by atoms with Crippen LogP contribution in [0.15, 0.2) is 54.7 Å². The first-order valence-corrected chi connectivity index (χ1v) is 9.70. The van der Waals surface area contributed by atoms with Crippen LogP contribution >= 0.6 is 0 Å². The van der Waals surface area contributed by atoms with Crippen LogP contribution in [0.5, 0.6) is 0 Å². The molecule has 2 aromatic carbocycles. The van der Waals surface area contributed by atoms with Gasteiger partial charge in [0.1, 0.15) is 0 Å². The standard InChI is InChI=1S/C24H32N2/c1-18-7-6-8-22(15-18)24-10-9-21(16-19(24)2)17-20(3)26(5)23-11-13-25(4)14-12-23/h6-10,15-16,23H,3,11-14,17H2,1-2,4-5H3. The molecular formula is C24H32N2. The molecule has 0 bridgehead atoms. The second-order valence-corrected chi connectivity index (χ2v) is 7.91. The molecule has 3 rings (SSSR count). The molecule has 0 unspecified atom stereocenters. The Labute approximate surface area is 159 Å². The van der Waals surface area contributed by atoms with Gasteiger partial charge in [-0.25, -0.2) is 0 Å². The molecule has 0 aromatic heterocycles. The molecule has 1 aliphatic rings. The number of benzene rings is 2. The summed E-state index contributed by atoms with van der Waals surface area (Å²) >= 11 is 0. The van der Waals surface area contributed by atoms with E-state index in [-0.39, 0.29) is 0 Å². The molecule has 1 heterocycles. The normalized spacial score (nSPS) is 15.8. The van der Waals surface area contributed by atoms with Crippen molar-refractivity contribution in [3.05, 3.63) is 71.4 Å². The first-order valence-electron chi connectivity index (χ1n) is 9.70. The summed E-state index contributed by atoms with van der Waals surface area (Å²) in [7, 11) is 4.43. The van der Waals surface area contributed by atoms with Gasteiger partial charge in [-0.05, 0) is 69.1 Å². The molecule has 0 saturated carbocycles. The highest BCUT2D eigenvalue weighted by Crippen LogP contribution is 2.26. The summed E-state index contributed by atoms with van der Waals surface area (Å²) in [6.07, 6.45) is 3.40. The zero-order valence-electron chi connectivity index (χ0n) is 16.8. The van der Waals surface area contributed by atoms with Crippen molar-refractivity contribution in [3.8, 4) is 11.1 Å². The number of allylic oxidation sites excluding steroid dienone is 1. The third-order valence-corrected chi connectivity index (χ3v) is 5.76. The van der Waals surface area contributed by atoms with Crippen molar-refractivity contribution in [2.45, 2.75) is 39.2 Å². The topological polar surface area (TPSA) is 6.48 Å². The van der Waals surface area contributed by atoms with E-state index in [0.717, 1.165) is 6.42 Å². The van der Waals surface area contributed by atoms with E-state index in [1.807, 2.05) is 0 Å². The van der Waals surface area contributed by atoms with Crippen LogP contribution in [-0.4, -0.2) is 43.0 Å². The van der Waals surface area contributed by atoms with Crippen molar-refractivity contribution in [3.63, 3.8) is 0 Å². The molecule has 1 fully saturated rings. The van der Waals surface area contributed by atoms with E-state index in [2.05, 4.69) is 86.8 Å². The number of hydrogen-bond acceptors (Lipinski definition) is 2. The Kier molecular flexibility index (Phi) is 5.83. The molecule has 26 heavy (non-hydrogen) atoms. The van der Waals surface area contributed by atoms with Crippen molar-refractivity contribution < 1.29 is 0 Å². The monoisotopic (exact) mass is 348 g/mol. The summed E-state index contributed by atoms with van der Waals surface area (Å²) in [4.78, 5) is 4.83. The van der Waals surface area contributed by atoms with Gasteiger partial charge in [-0.15, -0.1) is 0 Å². The highest BCUT2D eigenvalue weighted by atomic mass is 15.2. The van der Waals surface area contributed by atoms with Gasteiger partial charge in [-0.2, -0.15) is 0 Å². The summed E-state index contributed by atoms with van der Waals surface area (Å²) in [5.74, 6) is 0. The quantitative estimate of drug-likeness (QED) is 0.746. The van der Waals surface area contributed by atoms with Crippen LogP contribution in [0.1, 0.15) is 29.5 Å². The maximum Gasteiger partial charge on any atom is 0.0307 e. The fourth-order valence-corrected chi connectivity index (χ4v) is 3.97. The number of nitrogens with zero attached hydrogens (tertiary/aromatic N) is 2. The molecule has 2 aromatic rings. The van der Waals surface area contributed by atoms with Crippen LogP contribution in [0.4, 0.5) is 0 Å². The second-order valence-electron chi connectivity index (χ2n) is 7.91. The SMILES string of the molecule is C=C(Cc1ccc(-c2cccc(C)c2)c(C)c1)N(C)C1CCN(C)CC1. The van der Waals surface area contributed by atoms with E-state index >= 15 is 0 Å². The number of aryl methyl sites for hydroxylation is 2. The van der Waals surface area contributed by atoms with Crippen molar-refractivity contribution in [1.82, 2.24) is 9.80 Å². The minimum Gasteiger partial charge on any atom is -0.375 e. The highest BCUT2D eigenvalue weighted by molar-refractivity contribution is 5.68. The van der Waals surface area contributed by atoms with Crippen LogP contribution in [0.25, 0.3) is 11.1 Å². The van der Waals surface area contributed by atoms with Crippen LogP contribution in [-0.2, 0) is 6.42 Å². The van der Waals surface area contributed by atoms with Gasteiger partial charge in [0, 0.05) is 25.2 Å². The van der Waals surface area contributed by atoms with Crippen LogP contribution in [0, 0.1) is 13.8 Å². The van der Waals surface area contributed by atoms with E-state index in [1.54, 1.807) is 0 Å². The first kappa shape index (κ1) is 18.7. The van der Waals surface area contributed by atoms with E-state index in [1.165, 1.54) is 59.4 Å². The summed E-state index contributed by atoms with van der Waals surface area (Å²) in [6.45, 7) is 11.1. The average molecular weight is 349 g/mol. The van der Waals surface area contributed by atoms with Gasteiger partial charge in [-0.1, -0.05) is 54.6 Å². The Morgan fingerprint density at radius 1 is 1.12 bits per heavy atom. The molecule has 0 spiro atoms. The number of rotatable bonds is 5. The molecule has 0 N–H and O–H groups in total. The lowest BCUT2D eigenvalue weighted by Crippen LogP contribution is -2.41. The number of piperidine rings is 1. The van der Waals surface area contributed by atoms with Crippen LogP contribution < -0.4 is 0 Å². The zero-order valence-corrected chi connectivity index (χ0v) is 16.8. The molecule has 1 saturated heterocycles. The molecular weight excluding hydrogens is 316 g/mol. The molecule has 0 atom stereocenters. The van der Waals surface area contributed by atoms with Gasteiger partial charge in [-0.3, -0.25) is 0 Å². The fraction of sp³-hybridized carbons (Fsp3) is 0.417. The Balaban J connectivity index is 1.68. The van der Waals surface area contributed by atoms with E-state index in [9.17, 15) is 0 Å². The van der Waals surface area contributed by atoms with Crippen molar-refractivity contribution in [1.29, 1.82) is 0 Å². The Morgan fingerprint density at radius 2 is 1.85 bits per heavy atom. The van der Waals surface area contributed by atoms with Gasteiger partial charge < -0.3 is 9.80 Å². The minimum absolute atomic E-state index is 0.631. The van der Waals surface area contributed by atoms with Crippen LogP contribution in [0.3, 0.4) is 0 Å². The zero-order chi connectivity index (χ0) is 18.7. The number of likely N-dealkylation sites (tertiary alicyclic amines) is 1. The van der Waals surface area contributed by atoms with E-state index in [0.29, 0.717) is 6.04 Å². The molecule has 1 aliphatic heterocycles. The van der Waals surface area contributed by atoms with Gasteiger partial charge in [0.05, 0.1) is 0 Å². The predicted octanol–water partition coefficient (Wildman–Crippen LogP) is 5.05. The largest absolute Gasteiger partial charge is 0.375 e. The summed E-state index contributed by atoms with van der Waals surface area (Å²) < 4.78 is 0. The van der Waals surface area contributed by atoms with Gasteiger partial charge in [0.25, 0.3) is 0 Å². The lowest BCUT2D eigenvalue weighted by Gasteiger charge is -2.37. The minimum atomic E-state index is 0.631. The molecule has 0 amide bonds. The smallest absolute Gasteiger partial charge is 0.0307 e. The second kappa shape index (κ2) is 8.09. The molecule has 138 valence electrons. The van der Waals surface area contributed by atoms with Crippen molar-refractivity contribution >= 4 is 0 Å². The lowest BCUT2D eigenvalue weighted by atomic mass is 9.95. The maximum absolute atomic E-state index is 4.38. The van der Waals surface area contributed by atoms with Crippen LogP contribution in [0.2, 0.25) is 0 Å². The Bertz CT molecular complexity index is 770. The molecule has 0 radical (unpaired) electrons. The number of hydrogen-bond donors (Lipinski definition) is 0. The molecule has 2 heteroatoms. The first-order chi connectivity index (χ1) is 12.4. The summed E-state index contributed by atoms with van der Waals surface area (Å²) in [6, 6.07) is 16.2. The maximum atomic E-state index is 4.38. The van der Waals surface area contributed by atoms with Crippen molar-refractivity contribution in [2.75, 3.05) is 27.2 Å². The van der Waals surface area contributed by atoms with Gasteiger partial charge in [0.2, 0.25) is 0 Å². The predicted molar refractivity (Wildman–Crippen MR) is 112 cm³/mol. The summed E-state index contributed by atoms with van der Waals surface area (Å²) in [5.41, 5.74) is 7.84. The highest BCUT2D eigenvalue weighted by Gasteiger charge is 2.21. The third kappa shape index (κ3) is 4.37. The van der Waals surface area contributed by atoms with Gasteiger partial charge in [0.15, 0.2) is 0 Å². The Morgan fingerprint density at radius 3 is 2.50 bits per heavy atom. The molecule has 2 nitrogen and oxygen atoms in total. The third-order valence-electron chi connectivity index (χ3n) is 5.76. The average Bonchev–Trinajstić information content (AvgIpc) is 2.62.